The van der Waals surface area contributed by atoms with E-state index in [1.165, 1.54) is 37.3 Å². The number of hydrogen-bond acceptors (Lipinski definition) is 5. The van der Waals surface area contributed by atoms with Gasteiger partial charge in [0.2, 0.25) is 5.91 Å². The fraction of sp³-hybridized carbons (Fsp3) is 0.130. The number of carbonyl (C=O) groups is 2. The zero-order chi connectivity index (χ0) is 23.1. The normalized spacial score (nSPS) is 10.8. The second-order valence-corrected chi connectivity index (χ2v) is 8.46. The van der Waals surface area contributed by atoms with E-state index < -0.39 is 10.0 Å². The molecule has 0 aliphatic rings. The lowest BCUT2D eigenvalue weighted by atomic mass is 10.2. The fourth-order valence-electron chi connectivity index (χ4n) is 2.88. The molecule has 3 rings (SSSR count). The van der Waals surface area contributed by atoms with Crippen molar-refractivity contribution in [3.63, 3.8) is 0 Å². The molecule has 0 aliphatic carbocycles. The molecular weight excluding hydrogens is 430 g/mol. The molecule has 3 aromatic rings. The molecule has 0 unspecified atom stereocenters. The Kier molecular flexibility index (Phi) is 7.11. The van der Waals surface area contributed by atoms with Crippen LogP contribution in [0.5, 0.6) is 5.75 Å². The molecule has 3 N–H and O–H groups in total. The smallest absolute Gasteiger partial charge is 0.261 e. The van der Waals surface area contributed by atoms with E-state index in [0.717, 1.165) is 0 Å². The summed E-state index contributed by atoms with van der Waals surface area (Å²) in [4.78, 5) is 23.6. The first-order valence-corrected chi connectivity index (χ1v) is 11.3. The lowest BCUT2D eigenvalue weighted by Gasteiger charge is -2.14. The molecule has 0 fully saturated rings. The molecule has 0 saturated carbocycles. The van der Waals surface area contributed by atoms with Gasteiger partial charge >= 0.3 is 0 Å². The second-order valence-electron chi connectivity index (χ2n) is 6.78. The Balaban J connectivity index is 1.85. The third-order valence-electron chi connectivity index (χ3n) is 4.30. The van der Waals surface area contributed by atoms with Gasteiger partial charge in [-0.25, -0.2) is 8.42 Å². The standard InChI is InChI=1S/C23H23N3O5S/c1-3-31-22-14-13-20(15-21(22)25-23(28)17-7-5-4-6-8-17)32(29,30)26-19-11-9-18(10-12-19)24-16(2)27/h4-15,26H,3H2,1-2H3,(H,24,27)(H,25,28). The molecule has 0 bridgehead atoms. The van der Waals surface area contributed by atoms with Crippen LogP contribution in [0.25, 0.3) is 0 Å². The van der Waals surface area contributed by atoms with Crippen LogP contribution in [0.3, 0.4) is 0 Å². The summed E-state index contributed by atoms with van der Waals surface area (Å²) in [6.07, 6.45) is 0. The first kappa shape index (κ1) is 22.8. The van der Waals surface area contributed by atoms with Crippen LogP contribution in [-0.4, -0.2) is 26.8 Å². The maximum atomic E-state index is 12.9. The summed E-state index contributed by atoms with van der Waals surface area (Å²) in [7, 11) is -3.95. The number of anilines is 3. The number of sulfonamides is 1. The Bertz CT molecular complexity index is 1210. The minimum atomic E-state index is -3.95. The van der Waals surface area contributed by atoms with Crippen molar-refractivity contribution in [2.75, 3.05) is 22.0 Å². The van der Waals surface area contributed by atoms with Crippen molar-refractivity contribution < 1.29 is 22.7 Å². The van der Waals surface area contributed by atoms with E-state index >= 15 is 0 Å². The van der Waals surface area contributed by atoms with Crippen LogP contribution in [0.2, 0.25) is 0 Å². The van der Waals surface area contributed by atoms with Crippen molar-refractivity contribution in [2.45, 2.75) is 18.7 Å². The minimum absolute atomic E-state index is 0.0461. The molecule has 0 saturated heterocycles. The minimum Gasteiger partial charge on any atom is -0.492 e. The van der Waals surface area contributed by atoms with E-state index in [0.29, 0.717) is 29.3 Å². The molecule has 9 heteroatoms. The molecule has 166 valence electrons. The van der Waals surface area contributed by atoms with Gasteiger partial charge in [-0.1, -0.05) is 18.2 Å². The number of benzene rings is 3. The number of ether oxygens (including phenoxy) is 1. The Hall–Kier alpha value is -3.85. The van der Waals surface area contributed by atoms with Gasteiger partial charge in [0.25, 0.3) is 15.9 Å². The van der Waals surface area contributed by atoms with Crippen molar-refractivity contribution in [3.8, 4) is 5.75 Å². The average Bonchev–Trinajstić information content (AvgIpc) is 2.76. The van der Waals surface area contributed by atoms with E-state index in [4.69, 9.17) is 4.74 Å². The summed E-state index contributed by atoms with van der Waals surface area (Å²) < 4.78 is 33.8. The highest BCUT2D eigenvalue weighted by atomic mass is 32.2. The van der Waals surface area contributed by atoms with Gasteiger partial charge in [0.05, 0.1) is 17.2 Å². The number of nitrogens with one attached hydrogen (secondary N) is 3. The van der Waals surface area contributed by atoms with Crippen LogP contribution in [0.4, 0.5) is 17.1 Å². The lowest BCUT2D eigenvalue weighted by molar-refractivity contribution is -0.114. The summed E-state index contributed by atoms with van der Waals surface area (Å²) in [5, 5.41) is 5.33. The van der Waals surface area contributed by atoms with Crippen LogP contribution in [0.15, 0.2) is 77.7 Å². The fourth-order valence-corrected chi connectivity index (χ4v) is 3.96. The zero-order valence-electron chi connectivity index (χ0n) is 17.6. The summed E-state index contributed by atoms with van der Waals surface area (Å²) in [6.45, 7) is 3.52. The average molecular weight is 454 g/mol. The van der Waals surface area contributed by atoms with Gasteiger partial charge in [0.15, 0.2) is 0 Å². The monoisotopic (exact) mass is 453 g/mol. The molecule has 0 aromatic heterocycles. The maximum absolute atomic E-state index is 12.9. The van der Waals surface area contributed by atoms with E-state index in [1.807, 2.05) is 0 Å². The zero-order valence-corrected chi connectivity index (χ0v) is 18.4. The molecule has 2 amide bonds. The van der Waals surface area contributed by atoms with Crippen LogP contribution in [0, 0.1) is 0 Å². The van der Waals surface area contributed by atoms with Gasteiger partial charge in [-0.15, -0.1) is 0 Å². The summed E-state index contributed by atoms with van der Waals surface area (Å²) in [5.41, 5.74) is 1.54. The van der Waals surface area contributed by atoms with Crippen LogP contribution in [0.1, 0.15) is 24.2 Å². The molecular formula is C23H23N3O5S. The molecule has 0 radical (unpaired) electrons. The van der Waals surface area contributed by atoms with Crippen molar-refractivity contribution in [3.05, 3.63) is 78.4 Å². The van der Waals surface area contributed by atoms with Crippen LogP contribution < -0.4 is 20.1 Å². The molecule has 32 heavy (non-hydrogen) atoms. The first-order valence-electron chi connectivity index (χ1n) is 9.82. The van der Waals surface area contributed by atoms with Gasteiger partial charge in [-0.3, -0.25) is 14.3 Å². The van der Waals surface area contributed by atoms with Gasteiger partial charge in [-0.2, -0.15) is 0 Å². The van der Waals surface area contributed by atoms with Gasteiger partial charge in [-0.05, 0) is 61.5 Å². The number of hydrogen-bond donors (Lipinski definition) is 3. The van der Waals surface area contributed by atoms with Crippen LogP contribution >= 0.6 is 0 Å². The lowest BCUT2D eigenvalue weighted by Crippen LogP contribution is -2.16. The highest BCUT2D eigenvalue weighted by Crippen LogP contribution is 2.29. The van der Waals surface area contributed by atoms with E-state index in [9.17, 15) is 18.0 Å². The number of carbonyl (C=O) groups excluding carboxylic acids is 2. The molecule has 0 atom stereocenters. The Morgan fingerprint density at radius 1 is 0.875 bits per heavy atom. The summed E-state index contributed by atoms with van der Waals surface area (Å²) >= 11 is 0. The van der Waals surface area contributed by atoms with E-state index in [2.05, 4.69) is 15.4 Å². The molecule has 0 spiro atoms. The van der Waals surface area contributed by atoms with Crippen molar-refractivity contribution in [1.29, 1.82) is 0 Å². The van der Waals surface area contributed by atoms with Gasteiger partial charge in [0, 0.05) is 23.9 Å². The highest BCUT2D eigenvalue weighted by Gasteiger charge is 2.18. The second kappa shape index (κ2) is 9.97. The van der Waals surface area contributed by atoms with Gasteiger partial charge < -0.3 is 15.4 Å². The third kappa shape index (κ3) is 5.86. The Morgan fingerprint density at radius 3 is 2.16 bits per heavy atom. The number of amides is 2. The van der Waals surface area contributed by atoms with Crippen molar-refractivity contribution in [1.82, 2.24) is 0 Å². The van der Waals surface area contributed by atoms with Gasteiger partial charge in [0.1, 0.15) is 5.75 Å². The Morgan fingerprint density at radius 2 is 1.53 bits per heavy atom. The topological polar surface area (TPSA) is 114 Å². The van der Waals surface area contributed by atoms with Crippen molar-refractivity contribution in [2.24, 2.45) is 0 Å². The molecule has 0 heterocycles. The van der Waals surface area contributed by atoms with Crippen LogP contribution in [-0.2, 0) is 14.8 Å². The quantitative estimate of drug-likeness (QED) is 0.475. The third-order valence-corrected chi connectivity index (χ3v) is 5.68. The molecule has 0 aliphatic heterocycles. The largest absolute Gasteiger partial charge is 0.492 e. The number of rotatable bonds is 8. The van der Waals surface area contributed by atoms with E-state index in [1.54, 1.807) is 49.4 Å². The Labute approximate surface area is 186 Å². The molecule has 3 aromatic carbocycles. The SMILES string of the molecule is CCOc1ccc(S(=O)(=O)Nc2ccc(NC(C)=O)cc2)cc1NC(=O)c1ccccc1. The highest BCUT2D eigenvalue weighted by molar-refractivity contribution is 7.92. The predicted octanol–water partition coefficient (Wildman–Crippen LogP) is 4.10. The molecule has 8 nitrogen and oxygen atoms in total. The predicted molar refractivity (Wildman–Crippen MR) is 124 cm³/mol. The summed E-state index contributed by atoms with van der Waals surface area (Å²) in [5.74, 6) is -0.254. The maximum Gasteiger partial charge on any atom is 0.261 e. The first-order chi connectivity index (χ1) is 15.3. The summed E-state index contributed by atoms with van der Waals surface area (Å²) in [6, 6.07) is 19.1. The van der Waals surface area contributed by atoms with Crippen molar-refractivity contribution >= 4 is 38.9 Å². The van der Waals surface area contributed by atoms with E-state index in [-0.39, 0.29) is 22.4 Å².